The number of aromatic nitrogens is 2. The molecular formula is C13H16ClN3O2. The van der Waals surface area contributed by atoms with E-state index in [9.17, 15) is 0 Å². The minimum Gasteiger partial charge on any atom is -0.398 e. The highest BCUT2D eigenvalue weighted by molar-refractivity contribution is 6.33. The van der Waals surface area contributed by atoms with Crippen LogP contribution in [0, 0.1) is 0 Å². The number of hydrogen-bond acceptors (Lipinski definition) is 5. The molecule has 0 saturated heterocycles. The lowest BCUT2D eigenvalue weighted by atomic mass is 10.0. The maximum atomic E-state index is 5.88. The van der Waals surface area contributed by atoms with Gasteiger partial charge in [-0.1, -0.05) is 23.7 Å². The van der Waals surface area contributed by atoms with Crippen molar-refractivity contribution in [2.24, 2.45) is 0 Å². The highest BCUT2D eigenvalue weighted by Crippen LogP contribution is 2.30. The van der Waals surface area contributed by atoms with Crippen molar-refractivity contribution < 1.29 is 9.26 Å². The summed E-state index contributed by atoms with van der Waals surface area (Å²) in [5.74, 6) is 0.913. The molecule has 2 N–H and O–H groups in total. The first-order valence-corrected chi connectivity index (χ1v) is 6.32. The van der Waals surface area contributed by atoms with Crippen LogP contribution in [0.5, 0.6) is 0 Å². The summed E-state index contributed by atoms with van der Waals surface area (Å²) in [5, 5.41) is 4.47. The Bertz CT molecular complexity index is 579. The average molecular weight is 282 g/mol. The fourth-order valence-electron chi connectivity index (χ4n) is 1.63. The largest absolute Gasteiger partial charge is 0.398 e. The van der Waals surface area contributed by atoms with Crippen molar-refractivity contribution in [1.82, 2.24) is 10.1 Å². The van der Waals surface area contributed by atoms with Crippen LogP contribution < -0.4 is 5.73 Å². The Labute approximate surface area is 116 Å². The second kappa shape index (κ2) is 5.19. The number of methoxy groups -OCH3 is 1. The predicted molar refractivity (Wildman–Crippen MR) is 73.8 cm³/mol. The second-order valence-electron chi connectivity index (χ2n) is 4.45. The molecule has 1 heterocycles. The van der Waals surface area contributed by atoms with Crippen molar-refractivity contribution >= 4 is 17.3 Å². The van der Waals surface area contributed by atoms with Crippen LogP contribution in [0.4, 0.5) is 5.69 Å². The van der Waals surface area contributed by atoms with Crippen LogP contribution in [0.3, 0.4) is 0 Å². The molecule has 2 rings (SSSR count). The van der Waals surface area contributed by atoms with Crippen molar-refractivity contribution in [3.63, 3.8) is 0 Å². The molecule has 1 aromatic carbocycles. The number of anilines is 1. The molecule has 19 heavy (non-hydrogen) atoms. The van der Waals surface area contributed by atoms with E-state index in [2.05, 4.69) is 10.1 Å². The number of rotatable bonds is 4. The van der Waals surface area contributed by atoms with Crippen LogP contribution in [-0.4, -0.2) is 17.3 Å². The summed E-state index contributed by atoms with van der Waals surface area (Å²) in [6.45, 7) is 3.91. The van der Waals surface area contributed by atoms with E-state index in [1.807, 2.05) is 13.8 Å². The molecule has 1 unspecified atom stereocenters. The predicted octanol–water partition coefficient (Wildman–Crippen LogP) is 3.24. The molecule has 2 aromatic rings. The molecule has 0 fully saturated rings. The van der Waals surface area contributed by atoms with Crippen molar-refractivity contribution in [2.75, 3.05) is 12.8 Å². The van der Waals surface area contributed by atoms with Crippen molar-refractivity contribution in [3.8, 4) is 11.5 Å². The van der Waals surface area contributed by atoms with Crippen LogP contribution in [0.1, 0.15) is 26.1 Å². The van der Waals surface area contributed by atoms with E-state index in [4.69, 9.17) is 26.6 Å². The van der Waals surface area contributed by atoms with Crippen LogP contribution in [0.15, 0.2) is 22.7 Å². The number of nitrogens with zero attached hydrogens (tertiary/aromatic N) is 2. The number of halogens is 1. The standard InChI is InChI=1S/C13H16ClN3O2/c1-4-13(2,18-3)12-16-11(19-17-12)8-5-6-9(14)10(15)7-8/h5-7H,4,15H2,1-3H3. The lowest BCUT2D eigenvalue weighted by molar-refractivity contribution is -0.0106. The third-order valence-electron chi connectivity index (χ3n) is 3.27. The highest BCUT2D eigenvalue weighted by atomic mass is 35.5. The third kappa shape index (κ3) is 2.57. The van der Waals surface area contributed by atoms with E-state index >= 15 is 0 Å². The van der Waals surface area contributed by atoms with Crippen molar-refractivity contribution in [1.29, 1.82) is 0 Å². The number of benzene rings is 1. The van der Waals surface area contributed by atoms with Gasteiger partial charge in [0, 0.05) is 12.7 Å². The summed E-state index contributed by atoms with van der Waals surface area (Å²) < 4.78 is 10.7. The van der Waals surface area contributed by atoms with Crippen LogP contribution in [0.25, 0.3) is 11.5 Å². The Hall–Kier alpha value is -1.59. The van der Waals surface area contributed by atoms with Gasteiger partial charge in [0.15, 0.2) is 0 Å². The first-order chi connectivity index (χ1) is 9.00. The van der Waals surface area contributed by atoms with E-state index in [1.165, 1.54) is 0 Å². The number of hydrogen-bond donors (Lipinski definition) is 1. The van der Waals surface area contributed by atoms with Crippen LogP contribution in [0.2, 0.25) is 5.02 Å². The molecule has 0 amide bonds. The maximum Gasteiger partial charge on any atom is 0.258 e. The smallest absolute Gasteiger partial charge is 0.258 e. The van der Waals surface area contributed by atoms with Gasteiger partial charge in [-0.15, -0.1) is 0 Å². The quantitative estimate of drug-likeness (QED) is 0.871. The molecule has 5 nitrogen and oxygen atoms in total. The summed E-state index contributed by atoms with van der Waals surface area (Å²) in [5.41, 5.74) is 6.41. The Kier molecular flexibility index (Phi) is 3.78. The summed E-state index contributed by atoms with van der Waals surface area (Å²) in [6, 6.07) is 5.19. The molecule has 0 radical (unpaired) electrons. The Balaban J connectivity index is 2.38. The van der Waals surface area contributed by atoms with E-state index in [1.54, 1.807) is 25.3 Å². The molecule has 0 spiro atoms. The molecule has 102 valence electrons. The lowest BCUT2D eigenvalue weighted by Gasteiger charge is -2.21. The first kappa shape index (κ1) is 13.8. The first-order valence-electron chi connectivity index (χ1n) is 5.95. The molecule has 0 bridgehead atoms. The summed E-state index contributed by atoms with van der Waals surface area (Å²) in [6.07, 6.45) is 0.741. The minimum atomic E-state index is -0.556. The Morgan fingerprint density at radius 3 is 2.79 bits per heavy atom. The number of ether oxygens (including phenoxy) is 1. The molecule has 1 aromatic heterocycles. The Morgan fingerprint density at radius 2 is 2.21 bits per heavy atom. The molecule has 0 saturated carbocycles. The van der Waals surface area contributed by atoms with E-state index < -0.39 is 5.60 Å². The van der Waals surface area contributed by atoms with Gasteiger partial charge >= 0.3 is 0 Å². The molecule has 1 atom stereocenters. The van der Waals surface area contributed by atoms with Crippen LogP contribution in [-0.2, 0) is 10.3 Å². The molecule has 6 heteroatoms. The van der Waals surface area contributed by atoms with Gasteiger partial charge in [0.2, 0.25) is 5.82 Å². The zero-order valence-electron chi connectivity index (χ0n) is 11.1. The lowest BCUT2D eigenvalue weighted by Crippen LogP contribution is -2.24. The van der Waals surface area contributed by atoms with Crippen molar-refractivity contribution in [3.05, 3.63) is 29.0 Å². The highest BCUT2D eigenvalue weighted by Gasteiger charge is 2.30. The number of nitrogen functional groups attached to an aromatic ring is 1. The topological polar surface area (TPSA) is 74.2 Å². The van der Waals surface area contributed by atoms with Gasteiger partial charge < -0.3 is 15.0 Å². The van der Waals surface area contributed by atoms with E-state index in [0.29, 0.717) is 22.4 Å². The van der Waals surface area contributed by atoms with Gasteiger partial charge in [0.1, 0.15) is 5.60 Å². The summed E-state index contributed by atoms with van der Waals surface area (Å²) in [4.78, 5) is 4.36. The zero-order valence-corrected chi connectivity index (χ0v) is 11.9. The SMILES string of the molecule is CCC(C)(OC)c1noc(-c2ccc(Cl)c(N)c2)n1. The second-order valence-corrected chi connectivity index (χ2v) is 4.86. The van der Waals surface area contributed by atoms with Gasteiger partial charge in [0.05, 0.1) is 10.7 Å². The molecular weight excluding hydrogens is 266 g/mol. The van der Waals surface area contributed by atoms with Crippen molar-refractivity contribution in [2.45, 2.75) is 25.9 Å². The third-order valence-corrected chi connectivity index (χ3v) is 3.61. The molecule has 0 aliphatic carbocycles. The normalized spacial score (nSPS) is 14.3. The minimum absolute atomic E-state index is 0.398. The maximum absolute atomic E-state index is 5.88. The fraction of sp³-hybridized carbons (Fsp3) is 0.385. The van der Waals surface area contributed by atoms with Crippen LogP contribution >= 0.6 is 11.6 Å². The van der Waals surface area contributed by atoms with E-state index in [-0.39, 0.29) is 0 Å². The Morgan fingerprint density at radius 1 is 1.47 bits per heavy atom. The monoisotopic (exact) mass is 281 g/mol. The average Bonchev–Trinajstić information content (AvgIpc) is 2.91. The van der Waals surface area contributed by atoms with Gasteiger partial charge in [-0.2, -0.15) is 4.98 Å². The van der Waals surface area contributed by atoms with E-state index in [0.717, 1.165) is 12.0 Å². The van der Waals surface area contributed by atoms with Gasteiger partial charge in [-0.05, 0) is 31.5 Å². The molecule has 0 aliphatic rings. The van der Waals surface area contributed by atoms with Gasteiger partial charge in [-0.3, -0.25) is 0 Å². The summed E-state index contributed by atoms with van der Waals surface area (Å²) in [7, 11) is 1.62. The van der Waals surface area contributed by atoms with Gasteiger partial charge in [-0.25, -0.2) is 0 Å². The zero-order chi connectivity index (χ0) is 14.0. The number of nitrogens with two attached hydrogens (primary N) is 1. The summed E-state index contributed by atoms with van der Waals surface area (Å²) >= 11 is 5.88. The van der Waals surface area contributed by atoms with Gasteiger partial charge in [0.25, 0.3) is 5.89 Å². The fourth-order valence-corrected chi connectivity index (χ4v) is 1.74. The molecule has 0 aliphatic heterocycles.